The number of nitrogens with two attached hydrogens (primary N) is 1. The van der Waals surface area contributed by atoms with E-state index in [1.807, 2.05) is 18.5 Å². The smallest absolute Gasteiger partial charge is 0.0312 e. The lowest BCUT2D eigenvalue weighted by Crippen LogP contribution is -2.22. The molecule has 3 nitrogen and oxygen atoms in total. The number of nitrogens with zero attached hydrogens (tertiary/aromatic N) is 2. The fourth-order valence-electron chi connectivity index (χ4n) is 2.00. The number of aromatic nitrogens is 1. The molecule has 3 heteroatoms. The van der Waals surface area contributed by atoms with E-state index in [0.717, 1.165) is 19.6 Å². The van der Waals surface area contributed by atoms with Crippen LogP contribution in [0.15, 0.2) is 24.5 Å². The minimum Gasteiger partial charge on any atom is -0.330 e. The summed E-state index contributed by atoms with van der Waals surface area (Å²) in [7, 11) is 0. The molecule has 2 heterocycles. The highest BCUT2D eigenvalue weighted by molar-refractivity contribution is 5.08. The summed E-state index contributed by atoms with van der Waals surface area (Å²) in [4.78, 5) is 6.57. The number of hydrogen-bond donors (Lipinski definition) is 1. The maximum absolute atomic E-state index is 5.65. The molecule has 0 spiro atoms. The number of rotatable bonds is 3. The van der Waals surface area contributed by atoms with Gasteiger partial charge in [0.1, 0.15) is 0 Å². The molecule has 2 N–H and O–H groups in total. The molecular formula is C11H17N3. The molecule has 1 fully saturated rings. The van der Waals surface area contributed by atoms with E-state index >= 15 is 0 Å². The molecule has 0 bridgehead atoms. The van der Waals surface area contributed by atoms with E-state index in [0.29, 0.717) is 5.92 Å². The van der Waals surface area contributed by atoms with E-state index in [-0.39, 0.29) is 0 Å². The second kappa shape index (κ2) is 4.53. The first-order valence-corrected chi connectivity index (χ1v) is 5.20. The van der Waals surface area contributed by atoms with Gasteiger partial charge in [-0.1, -0.05) is 6.07 Å². The van der Waals surface area contributed by atoms with E-state index in [4.69, 9.17) is 5.73 Å². The van der Waals surface area contributed by atoms with Crippen LogP contribution in [0.1, 0.15) is 12.0 Å². The molecule has 0 amide bonds. The second-order valence-corrected chi connectivity index (χ2v) is 3.99. The van der Waals surface area contributed by atoms with Crippen LogP contribution in [-0.2, 0) is 6.54 Å². The topological polar surface area (TPSA) is 42.1 Å². The van der Waals surface area contributed by atoms with Crippen molar-refractivity contribution in [1.82, 2.24) is 9.88 Å². The monoisotopic (exact) mass is 191 g/mol. The Morgan fingerprint density at radius 2 is 2.50 bits per heavy atom. The van der Waals surface area contributed by atoms with Gasteiger partial charge in [0.15, 0.2) is 0 Å². The molecule has 1 unspecified atom stereocenters. The van der Waals surface area contributed by atoms with Crippen LogP contribution in [0.5, 0.6) is 0 Å². The summed E-state index contributed by atoms with van der Waals surface area (Å²) >= 11 is 0. The maximum atomic E-state index is 5.65. The molecule has 0 aromatic carbocycles. The van der Waals surface area contributed by atoms with E-state index in [9.17, 15) is 0 Å². The van der Waals surface area contributed by atoms with Gasteiger partial charge in [-0.15, -0.1) is 0 Å². The lowest BCUT2D eigenvalue weighted by atomic mass is 10.1. The first kappa shape index (κ1) is 9.62. The van der Waals surface area contributed by atoms with Crippen LogP contribution in [0.25, 0.3) is 0 Å². The predicted octanol–water partition coefficient (Wildman–Crippen LogP) is 0.862. The van der Waals surface area contributed by atoms with Gasteiger partial charge in [-0.3, -0.25) is 9.88 Å². The van der Waals surface area contributed by atoms with Gasteiger partial charge >= 0.3 is 0 Å². The van der Waals surface area contributed by atoms with Gasteiger partial charge in [0, 0.05) is 25.5 Å². The summed E-state index contributed by atoms with van der Waals surface area (Å²) in [6.45, 7) is 4.16. The lowest BCUT2D eigenvalue weighted by Gasteiger charge is -2.15. The van der Waals surface area contributed by atoms with Gasteiger partial charge in [0.25, 0.3) is 0 Å². The van der Waals surface area contributed by atoms with Gasteiger partial charge in [-0.2, -0.15) is 0 Å². The first-order valence-electron chi connectivity index (χ1n) is 5.20. The normalized spacial score (nSPS) is 22.8. The average Bonchev–Trinajstić information content (AvgIpc) is 2.67. The van der Waals surface area contributed by atoms with Crippen molar-refractivity contribution in [2.75, 3.05) is 19.6 Å². The molecule has 1 aromatic heterocycles. The largest absolute Gasteiger partial charge is 0.330 e. The summed E-state index contributed by atoms with van der Waals surface area (Å²) in [5.74, 6) is 0.701. The molecule has 2 rings (SSSR count). The molecule has 76 valence electrons. The Balaban J connectivity index is 1.88. The SMILES string of the molecule is NCC1CCN(Cc2cccnc2)C1. The average molecular weight is 191 g/mol. The van der Waals surface area contributed by atoms with Crippen molar-refractivity contribution in [2.45, 2.75) is 13.0 Å². The van der Waals surface area contributed by atoms with Gasteiger partial charge in [0.05, 0.1) is 0 Å². The fourth-order valence-corrected chi connectivity index (χ4v) is 2.00. The van der Waals surface area contributed by atoms with Crippen LogP contribution in [0.4, 0.5) is 0 Å². The van der Waals surface area contributed by atoms with E-state index < -0.39 is 0 Å². The summed E-state index contributed by atoms with van der Waals surface area (Å²) in [5.41, 5.74) is 6.95. The molecule has 1 saturated heterocycles. The zero-order valence-electron chi connectivity index (χ0n) is 8.39. The summed E-state index contributed by atoms with van der Waals surface area (Å²) in [5, 5.41) is 0. The highest BCUT2D eigenvalue weighted by Gasteiger charge is 2.20. The van der Waals surface area contributed by atoms with Crippen LogP contribution in [0.3, 0.4) is 0 Å². The Morgan fingerprint density at radius 1 is 1.57 bits per heavy atom. The third-order valence-corrected chi connectivity index (χ3v) is 2.83. The maximum Gasteiger partial charge on any atom is 0.0312 e. The quantitative estimate of drug-likeness (QED) is 0.770. The van der Waals surface area contributed by atoms with Crippen LogP contribution < -0.4 is 5.73 Å². The van der Waals surface area contributed by atoms with E-state index in [1.165, 1.54) is 18.5 Å². The standard InChI is InChI=1S/C11H17N3/c12-6-10-3-5-14(8-10)9-11-2-1-4-13-7-11/h1-2,4,7,10H,3,5-6,8-9,12H2. The summed E-state index contributed by atoms with van der Waals surface area (Å²) in [6.07, 6.45) is 5.00. The van der Waals surface area contributed by atoms with Crippen molar-refractivity contribution >= 4 is 0 Å². The van der Waals surface area contributed by atoms with Gasteiger partial charge in [-0.05, 0) is 37.1 Å². The van der Waals surface area contributed by atoms with Crippen LogP contribution in [0.2, 0.25) is 0 Å². The van der Waals surface area contributed by atoms with Crippen molar-refractivity contribution in [3.05, 3.63) is 30.1 Å². The second-order valence-electron chi connectivity index (χ2n) is 3.99. The summed E-state index contributed by atoms with van der Waals surface area (Å²) in [6, 6.07) is 4.12. The number of likely N-dealkylation sites (tertiary alicyclic amines) is 1. The molecule has 1 aromatic rings. The molecule has 0 radical (unpaired) electrons. The Kier molecular flexibility index (Phi) is 3.11. The lowest BCUT2D eigenvalue weighted by molar-refractivity contribution is 0.317. The Morgan fingerprint density at radius 3 is 3.14 bits per heavy atom. The fraction of sp³-hybridized carbons (Fsp3) is 0.545. The van der Waals surface area contributed by atoms with Gasteiger partial charge in [-0.25, -0.2) is 0 Å². The molecule has 14 heavy (non-hydrogen) atoms. The first-order chi connectivity index (χ1) is 6.88. The van der Waals surface area contributed by atoms with Crippen molar-refractivity contribution in [2.24, 2.45) is 11.7 Å². The molecule has 1 aliphatic rings. The van der Waals surface area contributed by atoms with Crippen molar-refractivity contribution in [3.63, 3.8) is 0 Å². The Labute approximate surface area is 84.9 Å². The zero-order chi connectivity index (χ0) is 9.80. The van der Waals surface area contributed by atoms with Gasteiger partial charge in [0.2, 0.25) is 0 Å². The predicted molar refractivity (Wildman–Crippen MR) is 56.7 cm³/mol. The minimum atomic E-state index is 0.701. The van der Waals surface area contributed by atoms with Crippen molar-refractivity contribution < 1.29 is 0 Å². The van der Waals surface area contributed by atoms with E-state index in [2.05, 4.69) is 16.0 Å². The summed E-state index contributed by atoms with van der Waals surface area (Å²) < 4.78 is 0. The zero-order valence-corrected chi connectivity index (χ0v) is 8.39. The highest BCUT2D eigenvalue weighted by Crippen LogP contribution is 2.16. The molecule has 0 aliphatic carbocycles. The van der Waals surface area contributed by atoms with Crippen molar-refractivity contribution in [3.8, 4) is 0 Å². The Bertz CT molecular complexity index is 273. The molecule has 0 saturated carbocycles. The highest BCUT2D eigenvalue weighted by atomic mass is 15.1. The van der Waals surface area contributed by atoms with Crippen LogP contribution in [0, 0.1) is 5.92 Å². The third-order valence-electron chi connectivity index (χ3n) is 2.83. The third kappa shape index (κ3) is 2.30. The van der Waals surface area contributed by atoms with Gasteiger partial charge < -0.3 is 5.73 Å². The minimum absolute atomic E-state index is 0.701. The number of pyridine rings is 1. The van der Waals surface area contributed by atoms with Crippen LogP contribution in [-0.4, -0.2) is 29.5 Å². The number of hydrogen-bond acceptors (Lipinski definition) is 3. The van der Waals surface area contributed by atoms with Crippen LogP contribution >= 0.6 is 0 Å². The van der Waals surface area contributed by atoms with Crippen molar-refractivity contribution in [1.29, 1.82) is 0 Å². The molecular weight excluding hydrogens is 174 g/mol. The molecule has 1 atom stereocenters. The molecule has 1 aliphatic heterocycles. The Hall–Kier alpha value is -0.930. The van der Waals surface area contributed by atoms with E-state index in [1.54, 1.807) is 0 Å².